The summed E-state index contributed by atoms with van der Waals surface area (Å²) in [6.45, 7) is 7.93. The Bertz CT molecular complexity index is 589. The number of nitrogens with zero attached hydrogens (tertiary/aromatic N) is 3. The number of guanidine groups is 1. The van der Waals surface area contributed by atoms with Crippen molar-refractivity contribution in [3.05, 3.63) is 33.8 Å². The predicted molar refractivity (Wildman–Crippen MR) is 111 cm³/mol. The van der Waals surface area contributed by atoms with E-state index in [2.05, 4.69) is 15.2 Å². The van der Waals surface area contributed by atoms with E-state index >= 15 is 0 Å². The van der Waals surface area contributed by atoms with E-state index in [9.17, 15) is 4.79 Å². The molecule has 0 atom stereocenters. The summed E-state index contributed by atoms with van der Waals surface area (Å²) in [7, 11) is 0. The van der Waals surface area contributed by atoms with Crippen molar-refractivity contribution in [1.29, 1.82) is 0 Å². The van der Waals surface area contributed by atoms with Crippen molar-refractivity contribution < 1.29 is 4.79 Å². The van der Waals surface area contributed by atoms with E-state index in [-0.39, 0.29) is 29.9 Å². The number of aliphatic imine (C=N–C) groups is 1. The lowest BCUT2D eigenvalue weighted by Gasteiger charge is -2.36. The Morgan fingerprint density at radius 1 is 1.21 bits per heavy atom. The van der Waals surface area contributed by atoms with Crippen LogP contribution in [-0.2, 0) is 11.3 Å². The Labute approximate surface area is 170 Å². The Kier molecular flexibility index (Phi) is 9.15. The van der Waals surface area contributed by atoms with E-state index in [4.69, 9.17) is 23.2 Å². The zero-order valence-corrected chi connectivity index (χ0v) is 17.7. The molecule has 1 fully saturated rings. The summed E-state index contributed by atoms with van der Waals surface area (Å²) >= 11 is 12.1. The number of benzene rings is 1. The van der Waals surface area contributed by atoms with E-state index in [0.717, 1.165) is 44.2 Å². The highest BCUT2D eigenvalue weighted by molar-refractivity contribution is 14.0. The second-order valence-corrected chi connectivity index (χ2v) is 6.24. The normalized spacial score (nSPS) is 15.1. The van der Waals surface area contributed by atoms with Gasteiger partial charge < -0.3 is 15.1 Å². The summed E-state index contributed by atoms with van der Waals surface area (Å²) < 4.78 is 0. The third kappa shape index (κ3) is 5.97. The minimum atomic E-state index is 0. The molecular formula is C16H23Cl2IN4O. The van der Waals surface area contributed by atoms with Gasteiger partial charge in [0.1, 0.15) is 0 Å². The van der Waals surface area contributed by atoms with E-state index < -0.39 is 0 Å². The van der Waals surface area contributed by atoms with Crippen LogP contribution in [0.3, 0.4) is 0 Å². The molecule has 0 spiro atoms. The summed E-state index contributed by atoms with van der Waals surface area (Å²) in [4.78, 5) is 20.1. The Morgan fingerprint density at radius 3 is 2.38 bits per heavy atom. The van der Waals surface area contributed by atoms with Crippen LogP contribution in [0, 0.1) is 0 Å². The third-order valence-electron chi connectivity index (χ3n) is 3.77. The zero-order valence-electron chi connectivity index (χ0n) is 13.9. The molecule has 0 radical (unpaired) electrons. The zero-order chi connectivity index (χ0) is 16.8. The standard InChI is InChI=1S/C16H22Cl2N4O.HI/c1-3-19-16(22-8-6-21(7-9-22)12(2)23)20-11-13-4-5-14(17)10-15(13)18;/h4-5,10H,3,6-9,11H2,1-2H3,(H,19,20);1H. The third-order valence-corrected chi connectivity index (χ3v) is 4.36. The summed E-state index contributed by atoms with van der Waals surface area (Å²) in [5.74, 6) is 0.973. The van der Waals surface area contributed by atoms with Crippen molar-refractivity contribution in [2.24, 2.45) is 4.99 Å². The van der Waals surface area contributed by atoms with Gasteiger partial charge in [-0.25, -0.2) is 4.99 Å². The maximum atomic E-state index is 11.4. The molecule has 1 amide bonds. The molecule has 1 aromatic carbocycles. The Morgan fingerprint density at radius 2 is 1.83 bits per heavy atom. The summed E-state index contributed by atoms with van der Waals surface area (Å²) in [6.07, 6.45) is 0. The Balaban J connectivity index is 0.00000288. The van der Waals surface area contributed by atoms with Gasteiger partial charge in [0.15, 0.2) is 5.96 Å². The summed E-state index contributed by atoms with van der Waals surface area (Å²) in [6, 6.07) is 5.44. The highest BCUT2D eigenvalue weighted by Gasteiger charge is 2.20. The largest absolute Gasteiger partial charge is 0.357 e. The first-order valence-corrected chi connectivity index (χ1v) is 8.49. The van der Waals surface area contributed by atoms with Crippen LogP contribution in [0.25, 0.3) is 0 Å². The van der Waals surface area contributed by atoms with Crippen molar-refractivity contribution in [2.45, 2.75) is 20.4 Å². The first-order valence-electron chi connectivity index (χ1n) is 7.74. The number of piperazine rings is 1. The predicted octanol–water partition coefficient (Wildman–Crippen LogP) is 3.24. The van der Waals surface area contributed by atoms with E-state index in [1.807, 2.05) is 24.0 Å². The molecule has 0 aliphatic carbocycles. The number of amides is 1. The van der Waals surface area contributed by atoms with Gasteiger partial charge in [-0.05, 0) is 24.6 Å². The highest BCUT2D eigenvalue weighted by Crippen LogP contribution is 2.21. The van der Waals surface area contributed by atoms with Gasteiger partial charge in [0.25, 0.3) is 0 Å². The number of hydrogen-bond donors (Lipinski definition) is 1. The van der Waals surface area contributed by atoms with Gasteiger partial charge >= 0.3 is 0 Å². The smallest absolute Gasteiger partial charge is 0.219 e. The van der Waals surface area contributed by atoms with Crippen LogP contribution in [-0.4, -0.2) is 54.4 Å². The minimum absolute atomic E-state index is 0. The molecular weight excluding hydrogens is 462 g/mol. The van der Waals surface area contributed by atoms with Gasteiger partial charge in [0.2, 0.25) is 5.91 Å². The molecule has 1 aliphatic heterocycles. The molecule has 1 heterocycles. The second-order valence-electron chi connectivity index (χ2n) is 5.40. The molecule has 1 aromatic rings. The highest BCUT2D eigenvalue weighted by atomic mass is 127. The average molecular weight is 485 g/mol. The van der Waals surface area contributed by atoms with Crippen molar-refractivity contribution in [3.8, 4) is 0 Å². The monoisotopic (exact) mass is 484 g/mol. The number of halogens is 3. The fraction of sp³-hybridized carbons (Fsp3) is 0.500. The van der Waals surface area contributed by atoms with Crippen LogP contribution in [0.2, 0.25) is 10.0 Å². The van der Waals surface area contributed by atoms with Crippen molar-refractivity contribution >= 4 is 59.0 Å². The van der Waals surface area contributed by atoms with Gasteiger partial charge in [-0.15, -0.1) is 24.0 Å². The molecule has 1 aliphatic rings. The second kappa shape index (κ2) is 10.3. The van der Waals surface area contributed by atoms with E-state index in [0.29, 0.717) is 16.6 Å². The SMILES string of the molecule is CCNC(=NCc1ccc(Cl)cc1Cl)N1CCN(C(C)=O)CC1.I. The van der Waals surface area contributed by atoms with Gasteiger partial charge in [-0.2, -0.15) is 0 Å². The minimum Gasteiger partial charge on any atom is -0.357 e. The fourth-order valence-corrected chi connectivity index (χ4v) is 2.94. The molecule has 2 rings (SSSR count). The van der Waals surface area contributed by atoms with Crippen LogP contribution >= 0.6 is 47.2 Å². The fourth-order valence-electron chi connectivity index (χ4n) is 2.47. The lowest BCUT2D eigenvalue weighted by atomic mass is 10.2. The van der Waals surface area contributed by atoms with Gasteiger partial charge in [0, 0.05) is 49.7 Å². The quantitative estimate of drug-likeness (QED) is 0.407. The van der Waals surface area contributed by atoms with E-state index in [1.165, 1.54) is 0 Å². The van der Waals surface area contributed by atoms with Crippen LogP contribution in [0.5, 0.6) is 0 Å². The van der Waals surface area contributed by atoms with E-state index in [1.54, 1.807) is 13.0 Å². The number of carbonyl (C=O) groups excluding carboxylic acids is 1. The maximum Gasteiger partial charge on any atom is 0.219 e. The van der Waals surface area contributed by atoms with Crippen LogP contribution in [0.15, 0.2) is 23.2 Å². The molecule has 1 N–H and O–H groups in total. The lowest BCUT2D eigenvalue weighted by Crippen LogP contribution is -2.53. The average Bonchev–Trinajstić information content (AvgIpc) is 2.53. The number of rotatable bonds is 3. The molecule has 24 heavy (non-hydrogen) atoms. The topological polar surface area (TPSA) is 47.9 Å². The van der Waals surface area contributed by atoms with Crippen LogP contribution in [0.1, 0.15) is 19.4 Å². The van der Waals surface area contributed by atoms with Crippen molar-refractivity contribution in [2.75, 3.05) is 32.7 Å². The molecule has 8 heteroatoms. The van der Waals surface area contributed by atoms with Crippen molar-refractivity contribution in [3.63, 3.8) is 0 Å². The lowest BCUT2D eigenvalue weighted by molar-refractivity contribution is -0.130. The number of hydrogen-bond acceptors (Lipinski definition) is 2. The molecule has 0 saturated carbocycles. The molecule has 0 bridgehead atoms. The van der Waals surface area contributed by atoms with Crippen LogP contribution < -0.4 is 5.32 Å². The molecule has 134 valence electrons. The first-order chi connectivity index (χ1) is 11.0. The van der Waals surface area contributed by atoms with Gasteiger partial charge in [0.05, 0.1) is 6.54 Å². The number of carbonyl (C=O) groups is 1. The van der Waals surface area contributed by atoms with Gasteiger partial charge in [-0.3, -0.25) is 4.79 Å². The first kappa shape index (κ1) is 21.3. The summed E-state index contributed by atoms with van der Waals surface area (Å²) in [5.41, 5.74) is 0.939. The maximum absolute atomic E-state index is 11.4. The molecule has 5 nitrogen and oxygen atoms in total. The summed E-state index contributed by atoms with van der Waals surface area (Å²) in [5, 5.41) is 4.54. The van der Waals surface area contributed by atoms with Gasteiger partial charge in [-0.1, -0.05) is 29.3 Å². The number of nitrogens with one attached hydrogen (secondary N) is 1. The Hall–Kier alpha value is -0.730. The molecule has 0 unspecified atom stereocenters. The van der Waals surface area contributed by atoms with Crippen molar-refractivity contribution in [1.82, 2.24) is 15.1 Å². The van der Waals surface area contributed by atoms with Crippen LogP contribution in [0.4, 0.5) is 0 Å². The molecule has 1 saturated heterocycles. The molecule has 0 aromatic heterocycles.